The van der Waals surface area contributed by atoms with Crippen LogP contribution < -0.4 is 5.32 Å². The molecule has 1 amide bonds. The van der Waals surface area contributed by atoms with Crippen LogP contribution in [0, 0.1) is 6.92 Å². The van der Waals surface area contributed by atoms with E-state index in [-0.39, 0.29) is 5.91 Å². The molecule has 8 heteroatoms. The first-order valence-electron chi connectivity index (χ1n) is 8.87. The number of benzene rings is 2. The van der Waals surface area contributed by atoms with Gasteiger partial charge in [-0.2, -0.15) is 5.10 Å². The van der Waals surface area contributed by atoms with E-state index in [4.69, 9.17) is 16.0 Å². The number of hydrogen-bond donors (Lipinski definition) is 2. The molecular formula is C20H18ClN5O2. The molecule has 4 rings (SSSR count). The van der Waals surface area contributed by atoms with Crippen LogP contribution in [0.25, 0.3) is 11.1 Å². The third-order valence-corrected chi connectivity index (χ3v) is 4.49. The Morgan fingerprint density at radius 1 is 1.18 bits per heavy atom. The van der Waals surface area contributed by atoms with Crippen molar-refractivity contribution < 1.29 is 9.21 Å². The second-order valence-electron chi connectivity index (χ2n) is 6.44. The first-order chi connectivity index (χ1) is 13.6. The number of aromatic nitrogens is 4. The van der Waals surface area contributed by atoms with Crippen molar-refractivity contribution >= 4 is 28.6 Å². The summed E-state index contributed by atoms with van der Waals surface area (Å²) in [7, 11) is 0. The molecule has 0 saturated carbocycles. The molecule has 2 aromatic heterocycles. The number of H-pyrrole nitrogens is 1. The summed E-state index contributed by atoms with van der Waals surface area (Å²) in [4.78, 5) is 21.1. The van der Waals surface area contributed by atoms with Gasteiger partial charge in [0.2, 0.25) is 0 Å². The first-order valence-corrected chi connectivity index (χ1v) is 9.24. The van der Waals surface area contributed by atoms with E-state index < -0.39 is 0 Å². The normalized spacial score (nSPS) is 11.1. The summed E-state index contributed by atoms with van der Waals surface area (Å²) in [6.07, 6.45) is 1.12. The lowest BCUT2D eigenvalue weighted by Gasteiger charge is -2.03. The number of aromatic amines is 1. The molecule has 28 heavy (non-hydrogen) atoms. The Morgan fingerprint density at radius 2 is 2.00 bits per heavy atom. The number of halogens is 1. The standard InChI is InChI=1S/C20H18ClN5O2/c1-12-23-18(26-25-12)8-9-22-20(27)14-4-7-17-16(11-14)24-19(28-17)10-13-2-5-15(21)6-3-13/h2-7,11H,8-10H2,1H3,(H,22,27)(H,23,25,26). The van der Waals surface area contributed by atoms with E-state index in [9.17, 15) is 4.79 Å². The second-order valence-corrected chi connectivity index (χ2v) is 6.87. The number of aryl methyl sites for hydroxylation is 1. The summed E-state index contributed by atoms with van der Waals surface area (Å²) in [5.74, 6) is 1.86. The van der Waals surface area contributed by atoms with Crippen molar-refractivity contribution in [2.45, 2.75) is 19.8 Å². The van der Waals surface area contributed by atoms with Crippen LogP contribution in [0.4, 0.5) is 0 Å². The van der Waals surface area contributed by atoms with Gasteiger partial charge in [-0.1, -0.05) is 23.7 Å². The van der Waals surface area contributed by atoms with Gasteiger partial charge in [-0.05, 0) is 42.8 Å². The Morgan fingerprint density at radius 3 is 2.75 bits per heavy atom. The fourth-order valence-corrected chi connectivity index (χ4v) is 2.99. The van der Waals surface area contributed by atoms with Gasteiger partial charge in [0.05, 0.1) is 0 Å². The number of carbonyl (C=O) groups excluding carboxylic acids is 1. The van der Waals surface area contributed by atoms with Crippen molar-refractivity contribution in [3.8, 4) is 0 Å². The molecule has 2 heterocycles. The highest BCUT2D eigenvalue weighted by atomic mass is 35.5. The first kappa shape index (κ1) is 18.2. The predicted octanol–water partition coefficient (Wildman–Crippen LogP) is 3.47. The van der Waals surface area contributed by atoms with E-state index in [1.54, 1.807) is 18.2 Å². The Hall–Kier alpha value is -3.19. The Balaban J connectivity index is 1.41. The molecule has 2 N–H and O–H groups in total. The molecule has 142 valence electrons. The maximum atomic E-state index is 12.4. The number of oxazole rings is 1. The molecule has 2 aromatic carbocycles. The monoisotopic (exact) mass is 395 g/mol. The minimum Gasteiger partial charge on any atom is -0.440 e. The number of nitrogens with one attached hydrogen (secondary N) is 2. The molecule has 0 aliphatic rings. The molecule has 0 aliphatic heterocycles. The number of nitrogens with zero attached hydrogens (tertiary/aromatic N) is 3. The summed E-state index contributed by atoms with van der Waals surface area (Å²) in [5, 5.41) is 10.4. The van der Waals surface area contributed by atoms with Gasteiger partial charge in [0.15, 0.2) is 17.3 Å². The van der Waals surface area contributed by atoms with Gasteiger partial charge in [0.1, 0.15) is 11.3 Å². The third-order valence-electron chi connectivity index (χ3n) is 4.24. The fraction of sp³-hybridized carbons (Fsp3) is 0.200. The van der Waals surface area contributed by atoms with Crippen molar-refractivity contribution in [3.63, 3.8) is 0 Å². The molecule has 0 fully saturated rings. The van der Waals surface area contributed by atoms with Gasteiger partial charge < -0.3 is 9.73 Å². The van der Waals surface area contributed by atoms with Gasteiger partial charge in [-0.3, -0.25) is 9.89 Å². The molecule has 0 aliphatic carbocycles. The molecule has 0 radical (unpaired) electrons. The molecule has 0 bridgehead atoms. The number of rotatable bonds is 6. The zero-order chi connectivity index (χ0) is 19.5. The quantitative estimate of drug-likeness (QED) is 0.521. The summed E-state index contributed by atoms with van der Waals surface area (Å²) in [6, 6.07) is 12.8. The zero-order valence-corrected chi connectivity index (χ0v) is 16.0. The fourth-order valence-electron chi connectivity index (χ4n) is 2.86. The Labute approximate surface area is 166 Å². The SMILES string of the molecule is Cc1nc(CCNC(=O)c2ccc3oc(Cc4ccc(Cl)cc4)nc3c2)n[nH]1. The van der Waals surface area contributed by atoms with Gasteiger partial charge in [-0.25, -0.2) is 9.97 Å². The maximum absolute atomic E-state index is 12.4. The van der Waals surface area contributed by atoms with Crippen molar-refractivity contribution in [1.29, 1.82) is 0 Å². The van der Waals surface area contributed by atoms with Crippen molar-refractivity contribution in [3.05, 3.63) is 76.2 Å². The number of amides is 1. The van der Waals surface area contributed by atoms with E-state index in [1.165, 1.54) is 0 Å². The Kier molecular flexibility index (Phi) is 5.08. The highest BCUT2D eigenvalue weighted by Crippen LogP contribution is 2.20. The molecule has 0 saturated heterocycles. The van der Waals surface area contributed by atoms with Gasteiger partial charge in [0.25, 0.3) is 5.91 Å². The molecule has 7 nitrogen and oxygen atoms in total. The lowest BCUT2D eigenvalue weighted by molar-refractivity contribution is 0.0954. The molecule has 0 unspecified atom stereocenters. The van der Waals surface area contributed by atoms with Crippen LogP contribution in [0.5, 0.6) is 0 Å². The van der Waals surface area contributed by atoms with E-state index in [1.807, 2.05) is 31.2 Å². The summed E-state index contributed by atoms with van der Waals surface area (Å²) in [6.45, 7) is 2.29. The van der Waals surface area contributed by atoms with Crippen LogP contribution >= 0.6 is 11.6 Å². The maximum Gasteiger partial charge on any atom is 0.251 e. The van der Waals surface area contributed by atoms with Crippen molar-refractivity contribution in [1.82, 2.24) is 25.5 Å². The number of carbonyl (C=O) groups is 1. The molecule has 0 spiro atoms. The smallest absolute Gasteiger partial charge is 0.251 e. The van der Waals surface area contributed by atoms with Gasteiger partial charge in [0, 0.05) is 30.0 Å². The zero-order valence-electron chi connectivity index (χ0n) is 15.2. The van der Waals surface area contributed by atoms with Crippen LogP contribution in [-0.4, -0.2) is 32.6 Å². The van der Waals surface area contributed by atoms with Crippen LogP contribution in [0.1, 0.15) is 33.5 Å². The number of hydrogen-bond acceptors (Lipinski definition) is 5. The van der Waals surface area contributed by atoms with Crippen LogP contribution in [0.3, 0.4) is 0 Å². The van der Waals surface area contributed by atoms with Gasteiger partial charge >= 0.3 is 0 Å². The van der Waals surface area contributed by atoms with E-state index in [2.05, 4.69) is 25.5 Å². The Bertz CT molecular complexity index is 1120. The molecular weight excluding hydrogens is 378 g/mol. The lowest BCUT2D eigenvalue weighted by Crippen LogP contribution is -2.25. The average Bonchev–Trinajstić information content (AvgIpc) is 3.28. The summed E-state index contributed by atoms with van der Waals surface area (Å²) >= 11 is 5.91. The van der Waals surface area contributed by atoms with Crippen LogP contribution in [0.15, 0.2) is 46.9 Å². The lowest BCUT2D eigenvalue weighted by atomic mass is 10.1. The van der Waals surface area contributed by atoms with Gasteiger partial charge in [-0.15, -0.1) is 0 Å². The molecule has 4 aromatic rings. The predicted molar refractivity (Wildman–Crippen MR) is 105 cm³/mol. The second kappa shape index (κ2) is 7.82. The minimum absolute atomic E-state index is 0.170. The average molecular weight is 396 g/mol. The summed E-state index contributed by atoms with van der Waals surface area (Å²) in [5.41, 5.74) is 2.89. The minimum atomic E-state index is -0.170. The van der Waals surface area contributed by atoms with Crippen molar-refractivity contribution in [2.75, 3.05) is 6.54 Å². The largest absolute Gasteiger partial charge is 0.440 e. The third kappa shape index (κ3) is 4.20. The highest BCUT2D eigenvalue weighted by molar-refractivity contribution is 6.30. The topological polar surface area (TPSA) is 96.7 Å². The highest BCUT2D eigenvalue weighted by Gasteiger charge is 2.11. The number of fused-ring (bicyclic) bond motifs is 1. The molecule has 0 atom stereocenters. The van der Waals surface area contributed by atoms with E-state index in [0.717, 1.165) is 11.4 Å². The van der Waals surface area contributed by atoms with E-state index in [0.29, 0.717) is 52.8 Å². The van der Waals surface area contributed by atoms with Crippen LogP contribution in [-0.2, 0) is 12.8 Å². The van der Waals surface area contributed by atoms with Crippen LogP contribution in [0.2, 0.25) is 5.02 Å². The van der Waals surface area contributed by atoms with E-state index >= 15 is 0 Å². The van der Waals surface area contributed by atoms with Crippen molar-refractivity contribution in [2.24, 2.45) is 0 Å². The summed E-state index contributed by atoms with van der Waals surface area (Å²) < 4.78 is 5.78.